The minimum atomic E-state index is 0.370. The third-order valence-electron chi connectivity index (χ3n) is 5.03. The van der Waals surface area contributed by atoms with Gasteiger partial charge in [-0.2, -0.15) is 5.10 Å². The maximum atomic E-state index is 5.92. The molecule has 3 heterocycles. The van der Waals surface area contributed by atoms with E-state index in [9.17, 15) is 0 Å². The molecule has 0 amide bonds. The van der Waals surface area contributed by atoms with Crippen molar-refractivity contribution in [1.29, 1.82) is 0 Å². The first-order valence-electron chi connectivity index (χ1n) is 8.78. The zero-order valence-electron chi connectivity index (χ0n) is 13.5. The van der Waals surface area contributed by atoms with E-state index >= 15 is 0 Å². The van der Waals surface area contributed by atoms with E-state index in [-0.39, 0.29) is 0 Å². The highest BCUT2D eigenvalue weighted by Gasteiger charge is 2.32. The molecule has 1 aromatic heterocycles. The van der Waals surface area contributed by atoms with E-state index in [0.717, 1.165) is 19.6 Å². The number of nitrogens with zero attached hydrogens (tertiary/aromatic N) is 2. The normalized spacial score (nSPS) is 26.4. The van der Waals surface area contributed by atoms with Crippen LogP contribution in [0.4, 0.5) is 5.82 Å². The summed E-state index contributed by atoms with van der Waals surface area (Å²) in [7, 11) is 0. The van der Waals surface area contributed by atoms with Gasteiger partial charge in [-0.15, -0.1) is 0 Å². The molecular weight excluding hydrogens is 262 g/mol. The third kappa shape index (κ3) is 3.10. The molecule has 0 aromatic carbocycles. The molecule has 0 radical (unpaired) electrons. The van der Waals surface area contributed by atoms with E-state index in [2.05, 4.69) is 29.9 Å². The summed E-state index contributed by atoms with van der Waals surface area (Å²) >= 11 is 0. The first-order chi connectivity index (χ1) is 10.3. The van der Waals surface area contributed by atoms with Gasteiger partial charge in [0.05, 0.1) is 17.8 Å². The van der Waals surface area contributed by atoms with Crippen LogP contribution < -0.4 is 5.32 Å². The van der Waals surface area contributed by atoms with Crippen molar-refractivity contribution in [3.05, 3.63) is 11.8 Å². The number of unbranched alkanes of at least 4 members (excludes halogenated alkanes) is 1. The molecule has 118 valence electrons. The predicted octanol–water partition coefficient (Wildman–Crippen LogP) is 4.10. The number of hydrogen-bond acceptors (Lipinski definition) is 3. The summed E-state index contributed by atoms with van der Waals surface area (Å²) in [6, 6.07) is 2.71. The Balaban J connectivity index is 1.79. The van der Waals surface area contributed by atoms with Crippen molar-refractivity contribution in [1.82, 2.24) is 9.78 Å². The summed E-state index contributed by atoms with van der Waals surface area (Å²) in [5.41, 5.74) is 1.28. The lowest BCUT2D eigenvalue weighted by molar-refractivity contribution is 0.0590. The highest BCUT2D eigenvalue weighted by atomic mass is 16.5. The Morgan fingerprint density at radius 3 is 3.05 bits per heavy atom. The van der Waals surface area contributed by atoms with Crippen LogP contribution in [0.2, 0.25) is 0 Å². The van der Waals surface area contributed by atoms with Gasteiger partial charge in [0.15, 0.2) is 0 Å². The molecule has 0 bridgehead atoms. The van der Waals surface area contributed by atoms with Gasteiger partial charge in [0.2, 0.25) is 0 Å². The van der Waals surface area contributed by atoms with E-state index in [1.165, 1.54) is 50.0 Å². The average molecular weight is 291 g/mol. The first-order valence-corrected chi connectivity index (χ1v) is 8.78. The van der Waals surface area contributed by atoms with E-state index in [1.54, 1.807) is 0 Å². The Labute approximate surface area is 128 Å². The Kier molecular flexibility index (Phi) is 4.84. The Hall–Kier alpha value is -1.03. The second kappa shape index (κ2) is 6.82. The number of aromatic nitrogens is 2. The van der Waals surface area contributed by atoms with Crippen LogP contribution in [-0.4, -0.2) is 29.0 Å². The molecule has 3 unspecified atom stereocenters. The Morgan fingerprint density at radius 1 is 1.43 bits per heavy atom. The van der Waals surface area contributed by atoms with Crippen molar-refractivity contribution in [3.63, 3.8) is 0 Å². The summed E-state index contributed by atoms with van der Waals surface area (Å²) in [4.78, 5) is 0. The molecule has 4 heteroatoms. The number of hydrogen-bond donors (Lipinski definition) is 1. The molecule has 2 aliphatic heterocycles. The molecule has 1 saturated heterocycles. The smallest absolute Gasteiger partial charge is 0.124 e. The first kappa shape index (κ1) is 14.9. The van der Waals surface area contributed by atoms with Crippen LogP contribution in [0.3, 0.4) is 0 Å². The maximum Gasteiger partial charge on any atom is 0.124 e. The van der Waals surface area contributed by atoms with Crippen LogP contribution in [0, 0.1) is 0 Å². The molecule has 3 atom stereocenters. The lowest BCUT2D eigenvalue weighted by Crippen LogP contribution is -2.31. The number of ether oxygens (including phenoxy) is 1. The van der Waals surface area contributed by atoms with Gasteiger partial charge in [-0.3, -0.25) is 0 Å². The fourth-order valence-electron chi connectivity index (χ4n) is 3.73. The summed E-state index contributed by atoms with van der Waals surface area (Å²) in [5.74, 6) is 1.81. The summed E-state index contributed by atoms with van der Waals surface area (Å²) in [6.45, 7) is 6.51. The van der Waals surface area contributed by atoms with Crippen LogP contribution in [0.25, 0.3) is 0 Å². The van der Waals surface area contributed by atoms with Crippen LogP contribution in [0.5, 0.6) is 0 Å². The van der Waals surface area contributed by atoms with Crippen molar-refractivity contribution < 1.29 is 4.74 Å². The van der Waals surface area contributed by atoms with Crippen molar-refractivity contribution in [2.75, 3.05) is 18.5 Å². The number of anilines is 1. The number of nitrogens with one attached hydrogen (secondary N) is 1. The molecule has 4 nitrogen and oxygen atoms in total. The van der Waals surface area contributed by atoms with Crippen molar-refractivity contribution in [2.24, 2.45) is 0 Å². The van der Waals surface area contributed by atoms with Crippen LogP contribution in [0.15, 0.2) is 6.07 Å². The van der Waals surface area contributed by atoms with E-state index < -0.39 is 0 Å². The Bertz CT molecular complexity index is 451. The fraction of sp³-hybridized carbons (Fsp3) is 0.824. The van der Waals surface area contributed by atoms with Gasteiger partial charge in [-0.1, -0.05) is 26.7 Å². The van der Waals surface area contributed by atoms with Gasteiger partial charge in [-0.25, -0.2) is 4.68 Å². The summed E-state index contributed by atoms with van der Waals surface area (Å²) < 4.78 is 8.15. The number of rotatable bonds is 6. The zero-order chi connectivity index (χ0) is 14.7. The fourth-order valence-corrected chi connectivity index (χ4v) is 3.73. The molecule has 1 fully saturated rings. The molecule has 21 heavy (non-hydrogen) atoms. The topological polar surface area (TPSA) is 39.1 Å². The Morgan fingerprint density at radius 2 is 2.33 bits per heavy atom. The van der Waals surface area contributed by atoms with Crippen LogP contribution in [-0.2, 0) is 4.74 Å². The molecule has 0 aliphatic carbocycles. The van der Waals surface area contributed by atoms with Crippen LogP contribution in [0.1, 0.15) is 76.4 Å². The molecule has 3 rings (SSSR count). The molecule has 2 aliphatic rings. The molecule has 1 aromatic rings. The average Bonchev–Trinajstić information content (AvgIpc) is 3.17. The maximum absolute atomic E-state index is 5.92. The van der Waals surface area contributed by atoms with Gasteiger partial charge < -0.3 is 10.1 Å². The van der Waals surface area contributed by atoms with Crippen molar-refractivity contribution in [2.45, 2.75) is 76.9 Å². The minimum absolute atomic E-state index is 0.370. The molecular formula is C17H29N3O. The van der Waals surface area contributed by atoms with Gasteiger partial charge in [0.25, 0.3) is 0 Å². The van der Waals surface area contributed by atoms with Gasteiger partial charge in [0.1, 0.15) is 5.82 Å². The molecule has 0 spiro atoms. The largest absolute Gasteiger partial charge is 0.376 e. The minimum Gasteiger partial charge on any atom is -0.376 e. The second-order valence-corrected chi connectivity index (χ2v) is 6.48. The van der Waals surface area contributed by atoms with E-state index in [4.69, 9.17) is 9.84 Å². The van der Waals surface area contributed by atoms with Crippen molar-refractivity contribution in [3.8, 4) is 0 Å². The quantitative estimate of drug-likeness (QED) is 0.857. The van der Waals surface area contributed by atoms with E-state index in [1.807, 2.05) is 0 Å². The highest BCUT2D eigenvalue weighted by Crippen LogP contribution is 2.35. The summed E-state index contributed by atoms with van der Waals surface area (Å²) in [6.07, 6.45) is 8.89. The molecule has 1 N–H and O–H groups in total. The van der Waals surface area contributed by atoms with Crippen molar-refractivity contribution >= 4 is 5.82 Å². The zero-order valence-corrected chi connectivity index (χ0v) is 13.5. The lowest BCUT2D eigenvalue weighted by atomic mass is 9.96. The highest BCUT2D eigenvalue weighted by molar-refractivity contribution is 5.40. The van der Waals surface area contributed by atoms with Gasteiger partial charge >= 0.3 is 0 Å². The summed E-state index contributed by atoms with van der Waals surface area (Å²) in [5, 5.41) is 8.49. The standard InChI is InChI=1S/C17H29N3O/c1-3-5-7-13(4-2)14-12-17-18-10-9-15(20(17)19-14)16-8-6-11-21-16/h12-13,15-16,18H,3-11H2,1-2H3. The van der Waals surface area contributed by atoms with E-state index in [0.29, 0.717) is 18.1 Å². The molecule has 0 saturated carbocycles. The predicted molar refractivity (Wildman–Crippen MR) is 85.9 cm³/mol. The SMILES string of the molecule is CCCCC(CC)c1cc2n(n1)C(C1CCCO1)CCN2. The van der Waals surface area contributed by atoms with Gasteiger partial charge in [0, 0.05) is 25.1 Å². The lowest BCUT2D eigenvalue weighted by Gasteiger charge is -2.29. The monoisotopic (exact) mass is 291 g/mol. The second-order valence-electron chi connectivity index (χ2n) is 6.48. The van der Waals surface area contributed by atoms with Gasteiger partial charge in [-0.05, 0) is 32.1 Å². The van der Waals surface area contributed by atoms with Crippen LogP contribution >= 0.6 is 0 Å². The third-order valence-corrected chi connectivity index (χ3v) is 5.03. The number of fused-ring (bicyclic) bond motifs is 1.